The van der Waals surface area contributed by atoms with E-state index in [2.05, 4.69) is 27.8 Å². The van der Waals surface area contributed by atoms with Crippen LogP contribution in [0.2, 0.25) is 0 Å². The monoisotopic (exact) mass is 404 g/mol. The lowest BCUT2D eigenvalue weighted by Gasteiger charge is -2.12. The molecule has 4 aromatic rings. The van der Waals surface area contributed by atoms with Crippen molar-refractivity contribution in [1.29, 1.82) is 0 Å². The summed E-state index contributed by atoms with van der Waals surface area (Å²) in [5, 5.41) is 10.9. The van der Waals surface area contributed by atoms with Crippen molar-refractivity contribution in [2.75, 3.05) is 12.0 Å². The maximum absolute atomic E-state index is 12.5. The molecule has 0 bridgehead atoms. The van der Waals surface area contributed by atoms with Crippen molar-refractivity contribution in [3.8, 4) is 5.75 Å². The number of thioether (sulfide) groups is 1. The van der Waals surface area contributed by atoms with E-state index in [4.69, 9.17) is 4.74 Å². The zero-order valence-electron chi connectivity index (χ0n) is 15.9. The maximum Gasteiger partial charge on any atom is 0.276 e. The van der Waals surface area contributed by atoms with Crippen molar-refractivity contribution in [2.45, 2.75) is 17.8 Å². The minimum absolute atomic E-state index is 0.103. The molecule has 29 heavy (non-hydrogen) atoms. The number of hydrogen-bond acceptors (Lipinski definition) is 5. The highest BCUT2D eigenvalue weighted by molar-refractivity contribution is 7.98. The van der Waals surface area contributed by atoms with Gasteiger partial charge in [-0.25, -0.2) is 4.68 Å². The molecule has 7 heteroatoms. The zero-order valence-corrected chi connectivity index (χ0v) is 16.7. The molecule has 0 saturated heterocycles. The highest BCUT2D eigenvalue weighted by atomic mass is 32.2. The van der Waals surface area contributed by atoms with E-state index in [9.17, 15) is 4.79 Å². The Morgan fingerprint density at radius 2 is 1.76 bits per heavy atom. The van der Waals surface area contributed by atoms with Crippen molar-refractivity contribution in [2.24, 2.45) is 0 Å². The van der Waals surface area contributed by atoms with Crippen LogP contribution in [-0.2, 0) is 10.5 Å². The first-order chi connectivity index (χ1) is 14.2. The third kappa shape index (κ3) is 4.57. The maximum atomic E-state index is 12.5. The Kier molecular flexibility index (Phi) is 5.76. The van der Waals surface area contributed by atoms with Gasteiger partial charge in [0.05, 0.1) is 0 Å². The number of amides is 1. The lowest BCUT2D eigenvalue weighted by molar-refractivity contribution is -0.119. The van der Waals surface area contributed by atoms with Gasteiger partial charge in [-0.05, 0) is 23.9 Å². The first kappa shape index (κ1) is 19.0. The molecular formula is C22H20N4O2S. The van der Waals surface area contributed by atoms with E-state index >= 15 is 0 Å². The minimum atomic E-state index is -0.276. The van der Waals surface area contributed by atoms with Crippen LogP contribution in [0.3, 0.4) is 0 Å². The topological polar surface area (TPSA) is 69.0 Å². The van der Waals surface area contributed by atoms with E-state index in [0.29, 0.717) is 16.7 Å². The van der Waals surface area contributed by atoms with Crippen molar-refractivity contribution < 1.29 is 9.53 Å². The molecule has 4 rings (SSSR count). The summed E-state index contributed by atoms with van der Waals surface area (Å²) in [5.41, 5.74) is 4.00. The zero-order chi connectivity index (χ0) is 20.1. The Morgan fingerprint density at radius 1 is 1.00 bits per heavy atom. The van der Waals surface area contributed by atoms with E-state index < -0.39 is 0 Å². The van der Waals surface area contributed by atoms with Gasteiger partial charge in [-0.1, -0.05) is 78.5 Å². The van der Waals surface area contributed by atoms with Crippen LogP contribution in [0.4, 0.5) is 0 Å². The van der Waals surface area contributed by atoms with E-state index in [-0.39, 0.29) is 12.5 Å². The molecule has 0 unspecified atom stereocenters. The third-order valence-corrected chi connectivity index (χ3v) is 5.35. The van der Waals surface area contributed by atoms with E-state index in [1.54, 1.807) is 11.6 Å². The molecule has 1 N–H and O–H groups in total. The van der Waals surface area contributed by atoms with Crippen LogP contribution in [-0.4, -0.2) is 27.4 Å². The van der Waals surface area contributed by atoms with Gasteiger partial charge in [-0.3, -0.25) is 10.2 Å². The second kappa shape index (κ2) is 8.79. The normalized spacial score (nSPS) is 10.8. The second-order valence-corrected chi connectivity index (χ2v) is 7.38. The van der Waals surface area contributed by atoms with Crippen molar-refractivity contribution in [3.05, 3.63) is 84.2 Å². The molecule has 3 aromatic carbocycles. The Balaban J connectivity index is 1.40. The molecule has 0 radical (unpaired) electrons. The molecule has 6 nitrogen and oxygen atoms in total. The largest absolute Gasteiger partial charge is 0.483 e. The number of hydrogen-bond donors (Lipinski definition) is 1. The van der Waals surface area contributed by atoms with Crippen LogP contribution in [0.1, 0.15) is 11.4 Å². The van der Waals surface area contributed by atoms with Gasteiger partial charge >= 0.3 is 0 Å². The number of rotatable bonds is 7. The van der Waals surface area contributed by atoms with Crippen LogP contribution in [0.15, 0.2) is 78.0 Å². The number of aromatic nitrogens is 3. The number of fused-ring (bicyclic) bond motifs is 1. The molecular weight excluding hydrogens is 384 g/mol. The summed E-state index contributed by atoms with van der Waals surface area (Å²) >= 11 is 1.51. The average Bonchev–Trinajstić information content (AvgIpc) is 3.10. The van der Waals surface area contributed by atoms with Crippen LogP contribution < -0.4 is 10.2 Å². The Hall–Kier alpha value is -3.32. The molecule has 0 aliphatic heterocycles. The fourth-order valence-electron chi connectivity index (χ4n) is 2.91. The predicted octanol–water partition coefficient (Wildman–Crippen LogP) is 4.18. The summed E-state index contributed by atoms with van der Waals surface area (Å²) < 4.78 is 7.37. The number of carbonyl (C=O) groups excluding carboxylic acids is 1. The first-order valence-electron chi connectivity index (χ1n) is 9.20. The summed E-state index contributed by atoms with van der Waals surface area (Å²) in [6, 6.07) is 23.8. The number of nitrogens with zero attached hydrogens (tertiary/aromatic N) is 3. The molecule has 146 valence electrons. The standard InChI is InChI=1S/C22H20N4O2S/c1-16-23-24-22(29-15-17-8-3-2-4-9-17)26(16)25-21(27)14-28-20-13-7-11-18-10-5-6-12-19(18)20/h2-13H,14-15H2,1H3,(H,25,27). The number of nitrogens with one attached hydrogen (secondary N) is 1. The van der Waals surface area contributed by atoms with Crippen molar-refractivity contribution in [1.82, 2.24) is 14.9 Å². The van der Waals surface area contributed by atoms with E-state index in [1.807, 2.05) is 60.7 Å². The summed E-state index contributed by atoms with van der Waals surface area (Å²) in [4.78, 5) is 12.5. The number of benzene rings is 3. The van der Waals surface area contributed by atoms with Gasteiger partial charge in [0.1, 0.15) is 11.6 Å². The number of aryl methyl sites for hydroxylation is 1. The van der Waals surface area contributed by atoms with Gasteiger partial charge in [-0.15, -0.1) is 10.2 Å². The summed E-state index contributed by atoms with van der Waals surface area (Å²) in [7, 11) is 0. The molecule has 0 fully saturated rings. The fraction of sp³-hybridized carbons (Fsp3) is 0.136. The van der Waals surface area contributed by atoms with E-state index in [0.717, 1.165) is 16.5 Å². The molecule has 1 aromatic heterocycles. The summed E-state index contributed by atoms with van der Waals surface area (Å²) in [6.45, 7) is 1.69. The van der Waals surface area contributed by atoms with Crippen LogP contribution in [0.25, 0.3) is 10.8 Å². The van der Waals surface area contributed by atoms with Crippen LogP contribution >= 0.6 is 11.8 Å². The minimum Gasteiger partial charge on any atom is -0.483 e. The Bertz CT molecular complexity index is 1120. The molecule has 0 saturated carbocycles. The van der Waals surface area contributed by atoms with Crippen molar-refractivity contribution in [3.63, 3.8) is 0 Å². The Labute approximate surface area is 172 Å². The third-order valence-electron chi connectivity index (χ3n) is 4.35. The van der Waals surface area contributed by atoms with Gasteiger partial charge in [-0.2, -0.15) is 0 Å². The van der Waals surface area contributed by atoms with Gasteiger partial charge < -0.3 is 4.74 Å². The van der Waals surface area contributed by atoms with Crippen molar-refractivity contribution >= 4 is 28.4 Å². The molecule has 0 spiro atoms. The number of carbonyl (C=O) groups is 1. The van der Waals surface area contributed by atoms with Gasteiger partial charge in [0, 0.05) is 11.1 Å². The highest BCUT2D eigenvalue weighted by Crippen LogP contribution is 2.25. The number of ether oxygens (including phenoxy) is 1. The summed E-state index contributed by atoms with van der Waals surface area (Å²) in [6.07, 6.45) is 0. The first-order valence-corrected chi connectivity index (χ1v) is 10.2. The van der Waals surface area contributed by atoms with E-state index in [1.165, 1.54) is 17.3 Å². The van der Waals surface area contributed by atoms with Gasteiger partial charge in [0.2, 0.25) is 5.16 Å². The van der Waals surface area contributed by atoms with Gasteiger partial charge in [0.25, 0.3) is 5.91 Å². The second-order valence-electron chi connectivity index (χ2n) is 6.44. The molecule has 0 aliphatic carbocycles. The summed E-state index contributed by atoms with van der Waals surface area (Å²) in [5.74, 6) is 1.75. The SMILES string of the molecule is Cc1nnc(SCc2ccccc2)n1NC(=O)COc1cccc2ccccc12. The molecule has 1 amide bonds. The smallest absolute Gasteiger partial charge is 0.276 e. The predicted molar refractivity (Wildman–Crippen MR) is 115 cm³/mol. The molecule has 0 aliphatic rings. The quantitative estimate of drug-likeness (QED) is 0.468. The van der Waals surface area contributed by atoms with Gasteiger partial charge in [0.15, 0.2) is 6.61 Å². The average molecular weight is 404 g/mol. The van der Waals surface area contributed by atoms with Crippen LogP contribution in [0.5, 0.6) is 5.75 Å². The Morgan fingerprint density at radius 3 is 2.62 bits per heavy atom. The highest BCUT2D eigenvalue weighted by Gasteiger charge is 2.13. The lowest BCUT2D eigenvalue weighted by Crippen LogP contribution is -2.29. The van der Waals surface area contributed by atoms with Crippen LogP contribution in [0, 0.1) is 6.92 Å². The fourth-order valence-corrected chi connectivity index (χ4v) is 3.80. The molecule has 1 heterocycles. The molecule has 0 atom stereocenters. The lowest BCUT2D eigenvalue weighted by atomic mass is 10.1.